The number of anilines is 1. The number of hydrogen-bond donors (Lipinski definition) is 0. The van der Waals surface area contributed by atoms with Gasteiger partial charge in [-0.3, -0.25) is 4.90 Å². The highest BCUT2D eigenvalue weighted by Gasteiger charge is 2.49. The van der Waals surface area contributed by atoms with E-state index in [0.29, 0.717) is 36.0 Å². The van der Waals surface area contributed by atoms with Crippen molar-refractivity contribution in [2.75, 3.05) is 18.0 Å². The van der Waals surface area contributed by atoms with Crippen LogP contribution < -0.4 is 14.4 Å². The summed E-state index contributed by atoms with van der Waals surface area (Å²) in [6.07, 6.45) is -1.67. The Hall–Kier alpha value is -4.07. The Morgan fingerprint density at radius 3 is 2.50 bits per heavy atom. The van der Waals surface area contributed by atoms with Crippen LogP contribution in [0.2, 0.25) is 0 Å². The minimum absolute atomic E-state index is 0.0283. The van der Waals surface area contributed by atoms with E-state index < -0.39 is 17.7 Å². The molecule has 3 aliphatic heterocycles. The topological polar surface area (TPSA) is 103 Å². The van der Waals surface area contributed by atoms with Crippen LogP contribution in [0, 0.1) is 0 Å². The van der Waals surface area contributed by atoms with Gasteiger partial charge in [0.15, 0.2) is 16.8 Å². The number of hydrogen-bond acceptors (Lipinski definition) is 10. The van der Waals surface area contributed by atoms with Crippen molar-refractivity contribution in [3.05, 3.63) is 42.0 Å². The van der Waals surface area contributed by atoms with Crippen LogP contribution in [0.3, 0.4) is 0 Å². The number of amides is 1. The number of aromatic nitrogens is 3. The van der Waals surface area contributed by atoms with Gasteiger partial charge in [0.25, 0.3) is 6.01 Å². The average Bonchev–Trinajstić information content (AvgIpc) is 3.54. The molecule has 3 saturated heterocycles. The maximum Gasteiger partial charge on any atom is 0.573 e. The number of fused-ring (bicyclic) bond motifs is 3. The highest BCUT2D eigenvalue weighted by Crippen LogP contribution is 2.41. The molecule has 210 valence electrons. The zero-order valence-electron chi connectivity index (χ0n) is 21.6. The molecule has 14 heteroatoms. The Morgan fingerprint density at radius 1 is 1.10 bits per heavy atom. The third-order valence-electron chi connectivity index (χ3n) is 6.38. The molecule has 6 heterocycles. The molecule has 2 unspecified atom stereocenters. The van der Waals surface area contributed by atoms with E-state index in [9.17, 15) is 18.0 Å². The predicted molar refractivity (Wildman–Crippen MR) is 139 cm³/mol. The average molecular weight is 576 g/mol. The van der Waals surface area contributed by atoms with Gasteiger partial charge in [-0.25, -0.2) is 14.8 Å². The van der Waals surface area contributed by atoms with Crippen molar-refractivity contribution in [3.8, 4) is 28.0 Å². The minimum atomic E-state index is -4.82. The number of oxazole rings is 1. The predicted octanol–water partition coefficient (Wildman–Crippen LogP) is 6.24. The lowest BCUT2D eigenvalue weighted by Crippen LogP contribution is -2.70. The zero-order chi connectivity index (χ0) is 28.2. The van der Waals surface area contributed by atoms with Crippen LogP contribution in [-0.2, 0) is 4.74 Å². The van der Waals surface area contributed by atoms with E-state index in [1.165, 1.54) is 17.4 Å². The second kappa shape index (κ2) is 9.54. The Balaban J connectivity index is 1.27. The number of alkyl halides is 3. The van der Waals surface area contributed by atoms with Gasteiger partial charge in [-0.1, -0.05) is 0 Å². The fraction of sp³-hybridized carbons (Fsp3) is 0.385. The van der Waals surface area contributed by atoms with Crippen LogP contribution >= 0.6 is 11.3 Å². The molecule has 0 spiro atoms. The smallest absolute Gasteiger partial charge is 0.444 e. The molecule has 7 rings (SSSR count). The molecule has 3 fully saturated rings. The Labute approximate surface area is 230 Å². The van der Waals surface area contributed by atoms with Crippen LogP contribution in [0.5, 0.6) is 17.4 Å². The molecule has 40 heavy (non-hydrogen) atoms. The van der Waals surface area contributed by atoms with Gasteiger partial charge in [-0.15, -0.1) is 24.5 Å². The van der Waals surface area contributed by atoms with Crippen molar-refractivity contribution in [1.82, 2.24) is 19.9 Å². The van der Waals surface area contributed by atoms with Crippen molar-refractivity contribution >= 4 is 34.5 Å². The molecule has 0 saturated carbocycles. The lowest BCUT2D eigenvalue weighted by atomic mass is 9.88. The Bertz CT molecular complexity index is 1520. The first kappa shape index (κ1) is 26.2. The minimum Gasteiger partial charge on any atom is -0.444 e. The van der Waals surface area contributed by atoms with Crippen LogP contribution in [-0.4, -0.2) is 63.1 Å². The van der Waals surface area contributed by atoms with Crippen molar-refractivity contribution in [3.63, 3.8) is 0 Å². The first-order valence-electron chi connectivity index (χ1n) is 12.4. The number of thiazole rings is 1. The van der Waals surface area contributed by atoms with E-state index in [2.05, 4.69) is 14.7 Å². The molecule has 3 aromatic heterocycles. The molecule has 1 aromatic carbocycles. The van der Waals surface area contributed by atoms with Crippen molar-refractivity contribution in [2.24, 2.45) is 0 Å². The number of carbonyl (C=O) groups excluding carboxylic acids is 1. The number of rotatable bonds is 5. The number of pyridine rings is 1. The summed E-state index contributed by atoms with van der Waals surface area (Å²) in [6, 6.07) is 6.16. The van der Waals surface area contributed by atoms with Crippen LogP contribution in [0.25, 0.3) is 21.7 Å². The quantitative estimate of drug-likeness (QED) is 0.274. The van der Waals surface area contributed by atoms with Crippen molar-refractivity contribution in [1.29, 1.82) is 0 Å². The molecular formula is C26H24F3N5O5S. The van der Waals surface area contributed by atoms with E-state index in [4.69, 9.17) is 18.9 Å². The maximum atomic E-state index is 12.7. The fourth-order valence-electron chi connectivity index (χ4n) is 4.83. The summed E-state index contributed by atoms with van der Waals surface area (Å²) in [7, 11) is 0. The number of benzene rings is 1. The van der Waals surface area contributed by atoms with Gasteiger partial charge in [0.2, 0.25) is 5.88 Å². The third-order valence-corrected chi connectivity index (χ3v) is 7.19. The van der Waals surface area contributed by atoms with Gasteiger partial charge in [0, 0.05) is 30.7 Å². The summed E-state index contributed by atoms with van der Waals surface area (Å²) in [5.74, 6) is -0.105. The third kappa shape index (κ3) is 5.22. The van der Waals surface area contributed by atoms with Crippen LogP contribution in [0.15, 0.2) is 46.5 Å². The van der Waals surface area contributed by atoms with E-state index in [-0.39, 0.29) is 24.1 Å². The number of piperidine rings is 1. The van der Waals surface area contributed by atoms with E-state index >= 15 is 0 Å². The summed E-state index contributed by atoms with van der Waals surface area (Å²) < 4.78 is 59.1. The second-order valence-corrected chi connectivity index (χ2v) is 11.3. The zero-order valence-corrected chi connectivity index (χ0v) is 22.5. The Kier molecular flexibility index (Phi) is 6.24. The number of piperazine rings is 1. The van der Waals surface area contributed by atoms with Crippen molar-refractivity contribution in [2.45, 2.75) is 51.2 Å². The van der Waals surface area contributed by atoms with Crippen molar-refractivity contribution < 1.29 is 36.6 Å². The van der Waals surface area contributed by atoms with Gasteiger partial charge < -0.3 is 23.5 Å². The number of ether oxygens (including phenoxy) is 3. The first-order valence-corrected chi connectivity index (χ1v) is 13.3. The number of nitrogens with zero attached hydrogens (tertiary/aromatic N) is 5. The number of halogens is 3. The standard InChI is InChI=1S/C26H24F3N5O5S/c1-25(2,3)39-24(35)34-14-10-15(34)13-33(12-14)23-32-20-18(6-5-17(21(20)37-23)22-30-8-9-40-22)36-19-7-4-16(11-31-19)38-26(27,28)29/h4-9,11,14-15H,10,12-13H2,1-3H3. The summed E-state index contributed by atoms with van der Waals surface area (Å²) in [5.41, 5.74) is 0.992. The summed E-state index contributed by atoms with van der Waals surface area (Å²) in [5, 5.41) is 2.57. The van der Waals surface area contributed by atoms with Gasteiger partial charge in [-0.2, -0.15) is 4.98 Å². The van der Waals surface area contributed by atoms with E-state index in [1.54, 1.807) is 23.2 Å². The molecule has 2 bridgehead atoms. The molecule has 0 aliphatic carbocycles. The SMILES string of the molecule is CC(C)(C)OC(=O)N1C2CC1CN(c1nc3c(Oc4ccc(OC(F)(F)F)cn4)ccc(-c4nccs4)c3o1)C2. The van der Waals surface area contributed by atoms with Gasteiger partial charge in [0.05, 0.1) is 23.8 Å². The number of carbonyl (C=O) groups is 1. The molecule has 3 aliphatic rings. The second-order valence-electron chi connectivity index (χ2n) is 10.4. The molecule has 0 N–H and O–H groups in total. The van der Waals surface area contributed by atoms with E-state index in [1.807, 2.05) is 31.1 Å². The maximum absolute atomic E-state index is 12.7. The Morgan fingerprint density at radius 2 is 1.88 bits per heavy atom. The molecular weight excluding hydrogens is 551 g/mol. The molecule has 1 amide bonds. The summed E-state index contributed by atoms with van der Waals surface area (Å²) in [6.45, 7) is 6.56. The van der Waals surface area contributed by atoms with Crippen LogP contribution in [0.1, 0.15) is 27.2 Å². The monoisotopic (exact) mass is 575 g/mol. The van der Waals surface area contributed by atoms with Gasteiger partial charge in [-0.05, 0) is 45.4 Å². The van der Waals surface area contributed by atoms with Gasteiger partial charge in [0.1, 0.15) is 16.4 Å². The summed E-state index contributed by atoms with van der Waals surface area (Å²) >= 11 is 1.44. The largest absolute Gasteiger partial charge is 0.573 e. The fourth-order valence-corrected chi connectivity index (χ4v) is 5.49. The molecule has 2 atom stereocenters. The normalized spacial score (nSPS) is 18.9. The molecule has 4 aromatic rings. The van der Waals surface area contributed by atoms with Crippen LogP contribution in [0.4, 0.5) is 24.0 Å². The highest BCUT2D eigenvalue weighted by atomic mass is 32.1. The lowest BCUT2D eigenvalue weighted by Gasteiger charge is -2.55. The molecule has 0 radical (unpaired) electrons. The lowest BCUT2D eigenvalue weighted by molar-refractivity contribution is -0.274. The molecule has 10 nitrogen and oxygen atoms in total. The first-order chi connectivity index (χ1) is 18.9. The van der Waals surface area contributed by atoms with Gasteiger partial charge >= 0.3 is 12.5 Å². The highest BCUT2D eigenvalue weighted by molar-refractivity contribution is 7.13. The summed E-state index contributed by atoms with van der Waals surface area (Å²) in [4.78, 5) is 29.5. The van der Waals surface area contributed by atoms with E-state index in [0.717, 1.165) is 29.3 Å².